The Hall–Kier alpha value is -2.84. The highest BCUT2D eigenvalue weighted by Gasteiger charge is 2.34. The molecule has 0 saturated heterocycles. The first kappa shape index (κ1) is 22.4. The van der Waals surface area contributed by atoms with E-state index in [4.69, 9.17) is 9.47 Å². The molecule has 2 heterocycles. The molecule has 6 nitrogen and oxygen atoms in total. The average Bonchev–Trinajstić information content (AvgIpc) is 3.22. The van der Waals surface area contributed by atoms with Gasteiger partial charge in [0.1, 0.15) is 4.90 Å². The molecule has 1 aromatic heterocycles. The number of anilines is 1. The predicted octanol–water partition coefficient (Wildman–Crippen LogP) is 5.10. The number of methoxy groups -OCH3 is 1. The third kappa shape index (κ3) is 4.25. The van der Waals surface area contributed by atoms with Crippen LogP contribution in [0.2, 0.25) is 0 Å². The number of fused-ring (bicyclic) bond motifs is 1. The standard InChI is InChI=1S/C24H25NO5S2/c1-15(2)13-30-19-10-9-16(11-20(19)29-3)18-12-22(26)25-23-21(14-31-24(18)23)32(27,28)17-7-5-4-6-8-17/h4-11,14-15,18H,12-13H2,1-3H3,(H,25,26)/t18-/m1/s1. The van der Waals surface area contributed by atoms with Crippen LogP contribution in [-0.2, 0) is 14.6 Å². The average molecular weight is 472 g/mol. The highest BCUT2D eigenvalue weighted by Crippen LogP contribution is 2.47. The third-order valence-corrected chi connectivity index (χ3v) is 8.30. The fraction of sp³-hybridized carbons (Fsp3) is 0.292. The lowest BCUT2D eigenvalue weighted by atomic mass is 9.90. The molecule has 0 bridgehead atoms. The number of carbonyl (C=O) groups is 1. The Morgan fingerprint density at radius 2 is 1.88 bits per heavy atom. The number of thiophene rings is 1. The number of sulfone groups is 1. The monoisotopic (exact) mass is 471 g/mol. The number of nitrogens with one attached hydrogen (secondary N) is 1. The summed E-state index contributed by atoms with van der Waals surface area (Å²) in [5.74, 6) is 1.12. The van der Waals surface area contributed by atoms with Crippen LogP contribution in [-0.4, -0.2) is 28.0 Å². The second kappa shape index (κ2) is 8.96. The van der Waals surface area contributed by atoms with Crippen LogP contribution in [0.1, 0.15) is 36.6 Å². The molecule has 8 heteroatoms. The molecule has 0 radical (unpaired) electrons. The summed E-state index contributed by atoms with van der Waals surface area (Å²) < 4.78 is 37.8. The molecule has 1 aliphatic rings. The quantitative estimate of drug-likeness (QED) is 0.519. The van der Waals surface area contributed by atoms with Gasteiger partial charge in [0.05, 0.1) is 24.3 Å². The molecule has 0 aliphatic carbocycles. The van der Waals surface area contributed by atoms with Crippen molar-refractivity contribution in [3.05, 3.63) is 64.4 Å². The summed E-state index contributed by atoms with van der Waals surface area (Å²) in [5, 5.41) is 4.41. The van der Waals surface area contributed by atoms with Gasteiger partial charge >= 0.3 is 0 Å². The fourth-order valence-corrected chi connectivity index (χ4v) is 6.60. The van der Waals surface area contributed by atoms with E-state index in [1.54, 1.807) is 42.8 Å². The molecule has 3 aromatic rings. The maximum atomic E-state index is 13.2. The Labute approximate surface area is 192 Å². The van der Waals surface area contributed by atoms with Gasteiger partial charge in [-0.1, -0.05) is 38.1 Å². The maximum absolute atomic E-state index is 13.2. The lowest BCUT2D eigenvalue weighted by molar-refractivity contribution is -0.116. The summed E-state index contributed by atoms with van der Waals surface area (Å²) >= 11 is 1.34. The summed E-state index contributed by atoms with van der Waals surface area (Å²) in [6.07, 6.45) is 0.230. The number of ether oxygens (including phenoxy) is 2. The first-order valence-electron chi connectivity index (χ1n) is 10.3. The SMILES string of the molecule is COc1cc([C@H]2CC(=O)Nc3c(S(=O)(=O)c4ccccc4)csc32)ccc1OCC(C)C. The van der Waals surface area contributed by atoms with Crippen LogP contribution in [0.4, 0.5) is 5.69 Å². The first-order chi connectivity index (χ1) is 15.3. The Morgan fingerprint density at radius 3 is 2.56 bits per heavy atom. The number of benzene rings is 2. The minimum atomic E-state index is -3.75. The number of hydrogen-bond acceptors (Lipinski definition) is 6. The van der Waals surface area contributed by atoms with Crippen molar-refractivity contribution in [2.75, 3.05) is 19.0 Å². The molecule has 0 saturated carbocycles. The molecule has 0 fully saturated rings. The Bertz CT molecular complexity index is 1230. The minimum Gasteiger partial charge on any atom is -0.493 e. The van der Waals surface area contributed by atoms with Crippen LogP contribution >= 0.6 is 11.3 Å². The molecule has 1 amide bonds. The molecule has 2 aromatic carbocycles. The maximum Gasteiger partial charge on any atom is 0.225 e. The van der Waals surface area contributed by atoms with Crippen LogP contribution in [0.15, 0.2) is 63.7 Å². The molecular weight excluding hydrogens is 446 g/mol. The van der Waals surface area contributed by atoms with Gasteiger partial charge in [-0.25, -0.2) is 8.42 Å². The van der Waals surface area contributed by atoms with Crippen molar-refractivity contribution in [1.29, 1.82) is 0 Å². The van der Waals surface area contributed by atoms with Crippen LogP contribution in [0.5, 0.6) is 11.5 Å². The molecule has 0 unspecified atom stereocenters. The van der Waals surface area contributed by atoms with E-state index in [1.807, 2.05) is 18.2 Å². The van der Waals surface area contributed by atoms with Gasteiger partial charge < -0.3 is 14.8 Å². The zero-order valence-electron chi connectivity index (χ0n) is 18.1. The van der Waals surface area contributed by atoms with Crippen LogP contribution in [0.25, 0.3) is 0 Å². The summed E-state index contributed by atoms with van der Waals surface area (Å²) in [6, 6.07) is 13.9. The molecule has 4 rings (SSSR count). The van der Waals surface area contributed by atoms with E-state index < -0.39 is 9.84 Å². The van der Waals surface area contributed by atoms with Crippen molar-refractivity contribution in [2.45, 2.75) is 36.0 Å². The summed E-state index contributed by atoms with van der Waals surface area (Å²) in [7, 11) is -2.17. The molecule has 168 valence electrons. The predicted molar refractivity (Wildman–Crippen MR) is 125 cm³/mol. The molecule has 1 aliphatic heterocycles. The lowest BCUT2D eigenvalue weighted by Gasteiger charge is -2.24. The smallest absolute Gasteiger partial charge is 0.225 e. The van der Waals surface area contributed by atoms with Gasteiger partial charge in [0.15, 0.2) is 11.5 Å². The molecule has 0 spiro atoms. The van der Waals surface area contributed by atoms with Gasteiger partial charge in [0, 0.05) is 22.6 Å². The zero-order chi connectivity index (χ0) is 22.9. The van der Waals surface area contributed by atoms with E-state index in [2.05, 4.69) is 19.2 Å². The zero-order valence-corrected chi connectivity index (χ0v) is 19.8. The van der Waals surface area contributed by atoms with Crippen molar-refractivity contribution >= 4 is 32.8 Å². The Kier molecular flexibility index (Phi) is 6.26. The highest BCUT2D eigenvalue weighted by molar-refractivity contribution is 7.91. The molecule has 1 N–H and O–H groups in total. The Balaban J connectivity index is 1.73. The van der Waals surface area contributed by atoms with Crippen molar-refractivity contribution in [3.63, 3.8) is 0 Å². The summed E-state index contributed by atoms with van der Waals surface area (Å²) in [5.41, 5.74) is 1.25. The second-order valence-electron chi connectivity index (χ2n) is 8.08. The van der Waals surface area contributed by atoms with Gasteiger partial charge in [-0.15, -0.1) is 11.3 Å². The Morgan fingerprint density at radius 1 is 1.12 bits per heavy atom. The van der Waals surface area contributed by atoms with E-state index in [0.717, 1.165) is 10.4 Å². The minimum absolute atomic E-state index is 0.130. The van der Waals surface area contributed by atoms with Crippen molar-refractivity contribution in [3.8, 4) is 11.5 Å². The molecular formula is C24H25NO5S2. The number of carbonyl (C=O) groups excluding carboxylic acids is 1. The number of rotatable bonds is 7. The lowest BCUT2D eigenvalue weighted by Crippen LogP contribution is -2.23. The van der Waals surface area contributed by atoms with Crippen LogP contribution in [0, 0.1) is 5.92 Å². The van der Waals surface area contributed by atoms with Gasteiger partial charge in [-0.05, 0) is 35.7 Å². The topological polar surface area (TPSA) is 81.7 Å². The molecule has 1 atom stereocenters. The van der Waals surface area contributed by atoms with Crippen molar-refractivity contribution in [2.24, 2.45) is 5.92 Å². The first-order valence-corrected chi connectivity index (χ1v) is 12.7. The van der Waals surface area contributed by atoms with Gasteiger partial charge in [0.25, 0.3) is 0 Å². The van der Waals surface area contributed by atoms with E-state index >= 15 is 0 Å². The number of amides is 1. The molecule has 32 heavy (non-hydrogen) atoms. The van der Waals surface area contributed by atoms with Gasteiger partial charge in [0.2, 0.25) is 15.7 Å². The van der Waals surface area contributed by atoms with Gasteiger partial charge in [-0.3, -0.25) is 4.79 Å². The van der Waals surface area contributed by atoms with E-state index in [1.165, 1.54) is 11.3 Å². The third-order valence-electron chi connectivity index (χ3n) is 5.26. The van der Waals surface area contributed by atoms with Crippen molar-refractivity contribution in [1.82, 2.24) is 0 Å². The fourth-order valence-electron chi connectivity index (χ4n) is 3.67. The van der Waals surface area contributed by atoms with Crippen LogP contribution in [0.3, 0.4) is 0 Å². The van der Waals surface area contributed by atoms with Crippen LogP contribution < -0.4 is 14.8 Å². The summed E-state index contributed by atoms with van der Waals surface area (Å²) in [6.45, 7) is 4.71. The van der Waals surface area contributed by atoms with E-state index in [9.17, 15) is 13.2 Å². The summed E-state index contributed by atoms with van der Waals surface area (Å²) in [4.78, 5) is 13.7. The second-order valence-corrected chi connectivity index (χ2v) is 10.9. The van der Waals surface area contributed by atoms with Crippen molar-refractivity contribution < 1.29 is 22.7 Å². The number of hydrogen-bond donors (Lipinski definition) is 1. The largest absolute Gasteiger partial charge is 0.493 e. The highest BCUT2D eigenvalue weighted by atomic mass is 32.2. The normalized spacial score (nSPS) is 15.9. The van der Waals surface area contributed by atoms with Gasteiger partial charge in [-0.2, -0.15) is 0 Å². The van der Waals surface area contributed by atoms with E-state index in [-0.39, 0.29) is 28.0 Å². The van der Waals surface area contributed by atoms with E-state index in [0.29, 0.717) is 29.7 Å².